The molecule has 0 saturated heterocycles. The molecule has 4 heteroatoms. The number of aromatic nitrogens is 1. The number of hydrogen-bond donors (Lipinski definition) is 0. The van der Waals surface area contributed by atoms with Crippen molar-refractivity contribution in [3.05, 3.63) is 29.6 Å². The maximum atomic E-state index is 10.2. The first-order chi connectivity index (χ1) is 5.24. The van der Waals surface area contributed by atoms with Gasteiger partial charge in [0.1, 0.15) is 0 Å². The van der Waals surface area contributed by atoms with Crippen LogP contribution in [0, 0.1) is 0 Å². The van der Waals surface area contributed by atoms with E-state index in [-0.39, 0.29) is 24.6 Å². The number of rotatable bonds is 2. The van der Waals surface area contributed by atoms with Crippen molar-refractivity contribution in [3.63, 3.8) is 0 Å². The third-order valence-electron chi connectivity index (χ3n) is 1.44. The second kappa shape index (κ2) is 4.97. The molecular weight excluding hydrogens is 149 g/mol. The topological polar surface area (TPSA) is 53.0 Å². The van der Waals surface area contributed by atoms with Crippen LogP contribution in [0.1, 0.15) is 23.0 Å². The van der Waals surface area contributed by atoms with Crippen molar-refractivity contribution in [2.45, 2.75) is 13.3 Å². The van der Waals surface area contributed by atoms with Gasteiger partial charge in [0, 0.05) is 6.20 Å². The van der Waals surface area contributed by atoms with Crippen LogP contribution in [-0.2, 0) is 6.42 Å². The summed E-state index contributed by atoms with van der Waals surface area (Å²) >= 11 is 0. The fourth-order valence-corrected chi connectivity index (χ4v) is 0.754. The Hall–Kier alpha value is -0.783. The number of carboxylic acids is 1. The number of carbonyl (C=O) groups is 1. The van der Waals surface area contributed by atoms with E-state index in [2.05, 4.69) is 4.98 Å². The smallest absolute Gasteiger partial charge is 0.543 e. The summed E-state index contributed by atoms with van der Waals surface area (Å²) in [5.74, 6) is -1.23. The molecule has 12 heavy (non-hydrogen) atoms. The number of aromatic carboxylic acids is 1. The number of hydrogen-bond acceptors (Lipinski definition) is 3. The van der Waals surface area contributed by atoms with E-state index in [0.29, 0.717) is 0 Å². The molecule has 0 fully saturated rings. The van der Waals surface area contributed by atoms with Gasteiger partial charge in [-0.15, -0.1) is 0 Å². The first-order valence-electron chi connectivity index (χ1n) is 3.40. The van der Waals surface area contributed by atoms with Gasteiger partial charge in [0.2, 0.25) is 0 Å². The van der Waals surface area contributed by atoms with Crippen molar-refractivity contribution in [1.82, 2.24) is 4.98 Å². The van der Waals surface area contributed by atoms with Crippen molar-refractivity contribution in [2.24, 2.45) is 0 Å². The predicted octanol–water partition coefficient (Wildman–Crippen LogP) is -2.99. The molecule has 0 spiro atoms. The molecule has 0 radical (unpaired) electrons. The Kier molecular flexibility index (Phi) is 4.64. The molecule has 1 aromatic rings. The summed E-state index contributed by atoms with van der Waals surface area (Å²) in [4.78, 5) is 13.9. The average molecular weight is 157 g/mol. The quantitative estimate of drug-likeness (QED) is 0.430. The van der Waals surface area contributed by atoms with Crippen molar-refractivity contribution >= 4 is 5.97 Å². The number of nitrogens with zero attached hydrogens (tertiary/aromatic N) is 1. The van der Waals surface area contributed by atoms with Gasteiger partial charge in [0.05, 0.1) is 11.7 Å². The van der Waals surface area contributed by atoms with Gasteiger partial charge in [0.25, 0.3) is 0 Å². The Morgan fingerprint density at radius 2 is 2.25 bits per heavy atom. The van der Waals surface area contributed by atoms with Crippen LogP contribution >= 0.6 is 0 Å². The average Bonchev–Trinajstić information content (AvgIpc) is 2.05. The summed E-state index contributed by atoms with van der Waals surface area (Å²) in [5, 5.41) is 10.2. The van der Waals surface area contributed by atoms with E-state index in [1.165, 1.54) is 6.07 Å². The van der Waals surface area contributed by atoms with Gasteiger partial charge in [0.15, 0.2) is 0 Å². The molecule has 1 heterocycles. The molecule has 0 saturated carbocycles. The molecule has 3 nitrogen and oxygen atoms in total. The van der Waals surface area contributed by atoms with Gasteiger partial charge in [-0.1, -0.05) is 13.0 Å². The number of carboxylic acid groups (broad SMARTS) is 1. The van der Waals surface area contributed by atoms with E-state index in [1.54, 1.807) is 12.3 Å². The standard InChI is InChI=1S/C8H9NO2.Li/c1-2-6-3-4-7(8(10)11)9-5-6;/h3-5H,2H2,1H3,(H,10,11);/q;+1/p-1. The summed E-state index contributed by atoms with van der Waals surface area (Å²) in [7, 11) is 0. The molecule has 0 aromatic carbocycles. The van der Waals surface area contributed by atoms with Crippen molar-refractivity contribution < 1.29 is 28.8 Å². The predicted molar refractivity (Wildman–Crippen MR) is 37.9 cm³/mol. The van der Waals surface area contributed by atoms with E-state index in [1.807, 2.05) is 6.92 Å². The second-order valence-electron chi connectivity index (χ2n) is 2.19. The fraction of sp³-hybridized carbons (Fsp3) is 0.250. The van der Waals surface area contributed by atoms with E-state index in [4.69, 9.17) is 0 Å². The number of aryl methyl sites for hydroxylation is 1. The molecule has 1 rings (SSSR count). The summed E-state index contributed by atoms with van der Waals surface area (Å²) in [6.45, 7) is 1.98. The normalized spacial score (nSPS) is 8.75. The minimum absolute atomic E-state index is 0. The SMILES string of the molecule is CCc1ccc(C(=O)[O-])nc1.[Li+]. The summed E-state index contributed by atoms with van der Waals surface area (Å²) in [5.41, 5.74) is 1.01. The summed E-state index contributed by atoms with van der Waals surface area (Å²) in [6.07, 6.45) is 2.41. The van der Waals surface area contributed by atoms with Crippen molar-refractivity contribution in [3.8, 4) is 0 Å². The molecule has 1 aromatic heterocycles. The zero-order chi connectivity index (χ0) is 8.27. The zero-order valence-corrected chi connectivity index (χ0v) is 7.20. The number of carbonyl (C=O) groups excluding carboxylic acids is 1. The first kappa shape index (κ1) is 11.2. The van der Waals surface area contributed by atoms with Crippen LogP contribution < -0.4 is 24.0 Å². The van der Waals surface area contributed by atoms with Gasteiger partial charge in [-0.2, -0.15) is 0 Å². The van der Waals surface area contributed by atoms with E-state index in [0.717, 1.165) is 12.0 Å². The third-order valence-corrected chi connectivity index (χ3v) is 1.44. The summed E-state index contributed by atoms with van der Waals surface area (Å²) < 4.78 is 0. The molecule has 0 N–H and O–H groups in total. The second-order valence-corrected chi connectivity index (χ2v) is 2.19. The van der Waals surface area contributed by atoms with Crippen LogP contribution in [0.3, 0.4) is 0 Å². The molecule has 0 bridgehead atoms. The van der Waals surface area contributed by atoms with E-state index < -0.39 is 5.97 Å². The molecule has 0 aliphatic rings. The minimum Gasteiger partial charge on any atom is -0.543 e. The largest absolute Gasteiger partial charge is 1.00 e. The maximum Gasteiger partial charge on any atom is 1.00 e. The minimum atomic E-state index is -1.23. The molecule has 0 unspecified atom stereocenters. The van der Waals surface area contributed by atoms with E-state index in [9.17, 15) is 9.90 Å². The van der Waals surface area contributed by atoms with E-state index >= 15 is 0 Å². The van der Waals surface area contributed by atoms with Crippen LogP contribution in [0.5, 0.6) is 0 Å². The molecule has 0 atom stereocenters. The van der Waals surface area contributed by atoms with Gasteiger partial charge >= 0.3 is 18.9 Å². The van der Waals surface area contributed by atoms with Gasteiger partial charge < -0.3 is 9.90 Å². The van der Waals surface area contributed by atoms with Gasteiger partial charge in [-0.3, -0.25) is 4.98 Å². The van der Waals surface area contributed by atoms with Gasteiger partial charge in [-0.25, -0.2) is 0 Å². The third kappa shape index (κ3) is 2.69. The molecule has 0 amide bonds. The van der Waals surface area contributed by atoms with Crippen LogP contribution in [0.2, 0.25) is 0 Å². The Bertz CT molecular complexity index is 258. The Morgan fingerprint density at radius 1 is 1.58 bits per heavy atom. The Labute approximate surface area is 83.0 Å². The zero-order valence-electron chi connectivity index (χ0n) is 7.20. The molecule has 0 aliphatic heterocycles. The monoisotopic (exact) mass is 157 g/mol. The van der Waals surface area contributed by atoms with Gasteiger partial charge in [-0.05, 0) is 18.1 Å². The summed E-state index contributed by atoms with van der Waals surface area (Å²) in [6, 6.07) is 3.19. The van der Waals surface area contributed by atoms with Crippen LogP contribution in [-0.4, -0.2) is 11.0 Å². The fourth-order valence-electron chi connectivity index (χ4n) is 0.754. The molecule has 58 valence electrons. The van der Waals surface area contributed by atoms with Crippen LogP contribution in [0.25, 0.3) is 0 Å². The molecular formula is C8H8LiNO2. The Morgan fingerprint density at radius 3 is 2.58 bits per heavy atom. The van der Waals surface area contributed by atoms with Crippen LogP contribution in [0.15, 0.2) is 18.3 Å². The molecule has 0 aliphatic carbocycles. The maximum absolute atomic E-state index is 10.2. The number of pyridine rings is 1. The van der Waals surface area contributed by atoms with Crippen molar-refractivity contribution in [2.75, 3.05) is 0 Å². The Balaban J connectivity index is 0.00000121. The van der Waals surface area contributed by atoms with Crippen LogP contribution in [0.4, 0.5) is 0 Å². The first-order valence-corrected chi connectivity index (χ1v) is 3.40. The van der Waals surface area contributed by atoms with Crippen molar-refractivity contribution in [1.29, 1.82) is 0 Å².